The predicted octanol–water partition coefficient (Wildman–Crippen LogP) is 4.78. The summed E-state index contributed by atoms with van der Waals surface area (Å²) in [4.78, 5) is 0. The Kier molecular flexibility index (Phi) is 4.58. The van der Waals surface area contributed by atoms with Gasteiger partial charge in [-0.2, -0.15) is 0 Å². The molecule has 0 aliphatic heterocycles. The third-order valence-electron chi connectivity index (χ3n) is 3.16. The van der Waals surface area contributed by atoms with Gasteiger partial charge in [-0.15, -0.1) is 6.58 Å². The van der Waals surface area contributed by atoms with E-state index in [4.69, 9.17) is 16.3 Å². The van der Waals surface area contributed by atoms with Crippen molar-refractivity contribution >= 4 is 11.6 Å². The van der Waals surface area contributed by atoms with Crippen molar-refractivity contribution in [2.45, 2.75) is 12.0 Å². The van der Waals surface area contributed by atoms with Crippen LogP contribution < -0.4 is 0 Å². The molecular weight excluding hydrogens is 275 g/mol. The maximum atomic E-state index is 13.8. The molecule has 0 aliphatic carbocycles. The number of hydrogen-bond donors (Lipinski definition) is 0. The first-order valence-electron chi connectivity index (χ1n) is 6.34. The molecule has 20 heavy (non-hydrogen) atoms. The van der Waals surface area contributed by atoms with E-state index in [1.54, 1.807) is 25.1 Å². The van der Waals surface area contributed by atoms with Crippen molar-refractivity contribution in [3.8, 4) is 0 Å². The van der Waals surface area contributed by atoms with Crippen LogP contribution in [0.15, 0.2) is 61.2 Å². The lowest BCUT2D eigenvalue weighted by Crippen LogP contribution is -2.26. The SMILES string of the molecule is C=CCOC(Cl)(c1ccccc1)c1cccc(F)c1C. The first kappa shape index (κ1) is 14.8. The Bertz CT molecular complexity index is 597. The number of rotatable bonds is 5. The van der Waals surface area contributed by atoms with Gasteiger partial charge in [-0.1, -0.05) is 60.1 Å². The van der Waals surface area contributed by atoms with E-state index in [2.05, 4.69) is 6.58 Å². The molecule has 0 aliphatic rings. The quantitative estimate of drug-likeness (QED) is 0.569. The van der Waals surface area contributed by atoms with E-state index in [1.807, 2.05) is 30.3 Å². The summed E-state index contributed by atoms with van der Waals surface area (Å²) in [7, 11) is 0. The van der Waals surface area contributed by atoms with Crippen LogP contribution >= 0.6 is 11.6 Å². The van der Waals surface area contributed by atoms with Crippen LogP contribution in [-0.2, 0) is 9.80 Å². The molecule has 1 atom stereocenters. The Morgan fingerprint density at radius 2 is 1.90 bits per heavy atom. The van der Waals surface area contributed by atoms with E-state index in [-0.39, 0.29) is 12.4 Å². The molecule has 0 saturated carbocycles. The van der Waals surface area contributed by atoms with Crippen LogP contribution in [0.2, 0.25) is 0 Å². The van der Waals surface area contributed by atoms with Gasteiger partial charge in [0.2, 0.25) is 0 Å². The van der Waals surface area contributed by atoms with Crippen molar-refractivity contribution in [2.75, 3.05) is 6.61 Å². The highest BCUT2D eigenvalue weighted by atomic mass is 35.5. The Labute approximate surface area is 123 Å². The van der Waals surface area contributed by atoms with Crippen LogP contribution in [0.25, 0.3) is 0 Å². The summed E-state index contributed by atoms with van der Waals surface area (Å²) in [5.74, 6) is -0.300. The fourth-order valence-corrected chi connectivity index (χ4v) is 2.49. The van der Waals surface area contributed by atoms with Gasteiger partial charge in [0.25, 0.3) is 0 Å². The summed E-state index contributed by atoms with van der Waals surface area (Å²) in [6, 6.07) is 14.2. The first-order valence-corrected chi connectivity index (χ1v) is 6.72. The third-order valence-corrected chi connectivity index (χ3v) is 3.69. The van der Waals surface area contributed by atoms with Gasteiger partial charge in [0.05, 0.1) is 6.61 Å². The molecule has 0 bridgehead atoms. The van der Waals surface area contributed by atoms with Crippen LogP contribution in [0.1, 0.15) is 16.7 Å². The third kappa shape index (κ3) is 2.77. The van der Waals surface area contributed by atoms with Gasteiger partial charge in [-0.25, -0.2) is 4.39 Å². The zero-order chi connectivity index (χ0) is 14.6. The normalized spacial score (nSPS) is 13.8. The van der Waals surface area contributed by atoms with E-state index in [0.29, 0.717) is 11.1 Å². The van der Waals surface area contributed by atoms with Gasteiger partial charge >= 0.3 is 0 Å². The molecule has 1 nitrogen and oxygen atoms in total. The molecule has 0 amide bonds. The van der Waals surface area contributed by atoms with Crippen molar-refractivity contribution in [1.82, 2.24) is 0 Å². The standard InChI is InChI=1S/C17H16ClFO/c1-3-12-20-17(18,14-8-5-4-6-9-14)15-10-7-11-16(19)13(15)2/h3-11H,1,12H2,2H3. The summed E-state index contributed by atoms with van der Waals surface area (Å²) in [6.45, 7) is 5.60. The highest BCUT2D eigenvalue weighted by Gasteiger charge is 2.34. The summed E-state index contributed by atoms with van der Waals surface area (Å²) in [5, 5.41) is -1.22. The van der Waals surface area contributed by atoms with Crippen molar-refractivity contribution in [3.63, 3.8) is 0 Å². The lowest BCUT2D eigenvalue weighted by molar-refractivity contribution is 0.0669. The van der Waals surface area contributed by atoms with Gasteiger partial charge in [0.1, 0.15) is 5.82 Å². The minimum Gasteiger partial charge on any atom is -0.347 e. The highest BCUT2D eigenvalue weighted by Crippen LogP contribution is 2.40. The Balaban J connectivity index is 2.57. The highest BCUT2D eigenvalue weighted by molar-refractivity contribution is 6.25. The predicted molar refractivity (Wildman–Crippen MR) is 80.4 cm³/mol. The van der Waals surface area contributed by atoms with Gasteiger partial charge < -0.3 is 4.74 Å². The largest absolute Gasteiger partial charge is 0.347 e. The zero-order valence-corrected chi connectivity index (χ0v) is 12.0. The van der Waals surface area contributed by atoms with Crippen molar-refractivity contribution in [1.29, 1.82) is 0 Å². The molecule has 0 fully saturated rings. The average Bonchev–Trinajstić information content (AvgIpc) is 2.48. The van der Waals surface area contributed by atoms with Crippen molar-refractivity contribution in [3.05, 3.63) is 83.7 Å². The topological polar surface area (TPSA) is 9.23 Å². The molecule has 0 saturated heterocycles. The zero-order valence-electron chi connectivity index (χ0n) is 11.3. The second-order valence-corrected chi connectivity index (χ2v) is 5.01. The lowest BCUT2D eigenvalue weighted by atomic mass is 9.96. The van der Waals surface area contributed by atoms with Gasteiger partial charge in [0.15, 0.2) is 5.06 Å². The molecule has 2 aromatic rings. The van der Waals surface area contributed by atoms with E-state index < -0.39 is 5.06 Å². The fourth-order valence-electron chi connectivity index (χ4n) is 2.10. The molecule has 2 rings (SSSR count). The molecule has 0 heterocycles. The first-order chi connectivity index (χ1) is 9.59. The summed E-state index contributed by atoms with van der Waals surface area (Å²) < 4.78 is 19.6. The van der Waals surface area contributed by atoms with Crippen LogP contribution in [0, 0.1) is 12.7 Å². The second-order valence-electron chi connectivity index (χ2n) is 4.47. The average molecular weight is 291 g/mol. The number of halogens is 2. The number of hydrogen-bond acceptors (Lipinski definition) is 1. The molecular formula is C17H16ClFO. The molecule has 0 N–H and O–H groups in total. The molecule has 104 valence electrons. The Morgan fingerprint density at radius 1 is 1.20 bits per heavy atom. The minimum atomic E-state index is -1.22. The Hall–Kier alpha value is -1.64. The molecule has 3 heteroatoms. The smallest absolute Gasteiger partial charge is 0.193 e. The van der Waals surface area contributed by atoms with Crippen molar-refractivity contribution < 1.29 is 9.13 Å². The number of benzene rings is 2. The maximum absolute atomic E-state index is 13.8. The number of alkyl halides is 1. The minimum absolute atomic E-state index is 0.272. The van der Waals surface area contributed by atoms with Crippen LogP contribution in [0.4, 0.5) is 4.39 Å². The van der Waals surface area contributed by atoms with Crippen LogP contribution in [-0.4, -0.2) is 6.61 Å². The lowest BCUT2D eigenvalue weighted by Gasteiger charge is -2.29. The Morgan fingerprint density at radius 3 is 2.55 bits per heavy atom. The summed E-state index contributed by atoms with van der Waals surface area (Å²) in [6.07, 6.45) is 1.62. The van der Waals surface area contributed by atoms with Gasteiger partial charge in [-0.05, 0) is 18.6 Å². The van der Waals surface area contributed by atoms with Gasteiger partial charge in [-0.3, -0.25) is 0 Å². The van der Waals surface area contributed by atoms with Crippen molar-refractivity contribution in [2.24, 2.45) is 0 Å². The van der Waals surface area contributed by atoms with E-state index in [1.165, 1.54) is 6.07 Å². The molecule has 0 spiro atoms. The molecule has 0 radical (unpaired) electrons. The van der Waals surface area contributed by atoms with E-state index in [0.717, 1.165) is 5.56 Å². The van der Waals surface area contributed by atoms with E-state index >= 15 is 0 Å². The number of ether oxygens (including phenoxy) is 1. The summed E-state index contributed by atoms with van der Waals surface area (Å²) in [5.41, 5.74) is 1.85. The molecule has 1 unspecified atom stereocenters. The van der Waals surface area contributed by atoms with Crippen LogP contribution in [0.3, 0.4) is 0 Å². The van der Waals surface area contributed by atoms with E-state index in [9.17, 15) is 4.39 Å². The molecule has 0 aromatic heterocycles. The van der Waals surface area contributed by atoms with Gasteiger partial charge in [0, 0.05) is 11.1 Å². The second kappa shape index (κ2) is 6.21. The van der Waals surface area contributed by atoms with Crippen LogP contribution in [0.5, 0.6) is 0 Å². The summed E-state index contributed by atoms with van der Waals surface area (Å²) >= 11 is 6.71. The molecule has 2 aromatic carbocycles. The fraction of sp³-hybridized carbons (Fsp3) is 0.176. The monoisotopic (exact) mass is 290 g/mol. The maximum Gasteiger partial charge on any atom is 0.193 e.